The largest absolute Gasteiger partial charge is 0.482 e. The van der Waals surface area contributed by atoms with Gasteiger partial charge in [-0.2, -0.15) is 0 Å². The third-order valence-corrected chi connectivity index (χ3v) is 5.11. The molecule has 0 saturated carbocycles. The molecule has 0 bridgehead atoms. The molecule has 1 aliphatic rings. The molecule has 2 N–H and O–H groups in total. The number of hydrogen-bond donors (Lipinski definition) is 2. The number of guanidine groups is 1. The van der Waals surface area contributed by atoms with Crippen molar-refractivity contribution >= 4 is 28.9 Å². The number of anilines is 1. The first-order valence-corrected chi connectivity index (χ1v) is 9.51. The Balaban J connectivity index is 1.45. The number of carbonyl (C=O) groups excluding carboxylic acids is 1. The van der Waals surface area contributed by atoms with Crippen LogP contribution in [-0.4, -0.2) is 38.6 Å². The van der Waals surface area contributed by atoms with Gasteiger partial charge in [-0.15, -0.1) is 11.3 Å². The fourth-order valence-corrected chi connectivity index (χ4v) is 3.64. The Morgan fingerprint density at radius 3 is 2.88 bits per heavy atom. The van der Waals surface area contributed by atoms with Crippen LogP contribution in [0.2, 0.25) is 0 Å². The van der Waals surface area contributed by atoms with E-state index in [0.717, 1.165) is 36.9 Å². The van der Waals surface area contributed by atoms with Crippen molar-refractivity contribution in [2.75, 3.05) is 31.6 Å². The Kier molecular flexibility index (Phi) is 6.12. The quantitative estimate of drug-likeness (QED) is 0.465. The van der Waals surface area contributed by atoms with Crippen molar-refractivity contribution < 1.29 is 9.53 Å². The number of benzene rings is 1. The van der Waals surface area contributed by atoms with Crippen molar-refractivity contribution in [2.24, 2.45) is 4.99 Å². The molecule has 0 atom stereocenters. The average Bonchev–Trinajstić information content (AvgIpc) is 3.08. The van der Waals surface area contributed by atoms with E-state index in [1.165, 1.54) is 9.75 Å². The molecule has 0 fully saturated rings. The van der Waals surface area contributed by atoms with Crippen LogP contribution in [0.1, 0.15) is 16.2 Å². The van der Waals surface area contributed by atoms with Crippen LogP contribution in [0.5, 0.6) is 5.75 Å². The van der Waals surface area contributed by atoms with Crippen molar-refractivity contribution in [3.63, 3.8) is 0 Å². The Morgan fingerprint density at radius 1 is 1.27 bits per heavy atom. The van der Waals surface area contributed by atoms with Crippen molar-refractivity contribution in [3.8, 4) is 5.75 Å². The minimum atomic E-state index is -0.000674. The highest BCUT2D eigenvalue weighted by Crippen LogP contribution is 2.31. The number of amides is 1. The summed E-state index contributed by atoms with van der Waals surface area (Å²) in [6.07, 6.45) is 0.818. The van der Waals surface area contributed by atoms with Gasteiger partial charge in [0.25, 0.3) is 5.91 Å². The molecule has 1 amide bonds. The Bertz CT molecular complexity index is 787. The zero-order valence-corrected chi connectivity index (χ0v) is 15.9. The standard InChI is InChI=1S/C19H24N4O2S/c1-14-8-9-15(26-14)12-22-19(20-2)21-10-5-11-23-16-6-3-4-7-17(16)25-13-18(23)24/h3-4,6-9H,5,10-13H2,1-2H3,(H2,20,21,22). The van der Waals surface area contributed by atoms with E-state index in [2.05, 4.69) is 34.7 Å². The molecule has 7 heteroatoms. The van der Waals surface area contributed by atoms with E-state index in [9.17, 15) is 4.79 Å². The van der Waals surface area contributed by atoms with Crippen molar-refractivity contribution in [1.29, 1.82) is 0 Å². The van der Waals surface area contributed by atoms with Gasteiger partial charge in [0.15, 0.2) is 12.6 Å². The summed E-state index contributed by atoms with van der Waals surface area (Å²) in [4.78, 5) is 20.8. The maximum Gasteiger partial charge on any atom is 0.265 e. The molecule has 1 aliphatic heterocycles. The predicted molar refractivity (Wildman–Crippen MR) is 106 cm³/mol. The fraction of sp³-hybridized carbons (Fsp3) is 0.368. The maximum atomic E-state index is 12.1. The van der Waals surface area contributed by atoms with Crippen molar-refractivity contribution in [1.82, 2.24) is 10.6 Å². The summed E-state index contributed by atoms with van der Waals surface area (Å²) in [6.45, 7) is 4.34. The average molecular weight is 372 g/mol. The number of aryl methyl sites for hydroxylation is 1. The van der Waals surface area contributed by atoms with E-state index in [-0.39, 0.29) is 12.5 Å². The van der Waals surface area contributed by atoms with Gasteiger partial charge in [0.2, 0.25) is 0 Å². The first-order chi connectivity index (χ1) is 12.7. The van der Waals surface area contributed by atoms with Crippen molar-refractivity contribution in [2.45, 2.75) is 19.9 Å². The minimum Gasteiger partial charge on any atom is -0.482 e. The third-order valence-electron chi connectivity index (χ3n) is 4.11. The smallest absolute Gasteiger partial charge is 0.265 e. The molecule has 0 radical (unpaired) electrons. The lowest BCUT2D eigenvalue weighted by atomic mass is 10.2. The summed E-state index contributed by atoms with van der Waals surface area (Å²) in [5.41, 5.74) is 0.847. The lowest BCUT2D eigenvalue weighted by Crippen LogP contribution is -2.41. The first kappa shape index (κ1) is 18.3. The van der Waals surface area contributed by atoms with E-state index in [1.54, 1.807) is 23.3 Å². The van der Waals surface area contributed by atoms with Gasteiger partial charge in [0.05, 0.1) is 12.2 Å². The molecular formula is C19H24N4O2S. The lowest BCUT2D eigenvalue weighted by molar-refractivity contribution is -0.121. The van der Waals surface area contributed by atoms with Gasteiger partial charge in [-0.25, -0.2) is 0 Å². The predicted octanol–water partition coefficient (Wildman–Crippen LogP) is 2.54. The third kappa shape index (κ3) is 4.54. The number of para-hydroxylation sites is 2. The van der Waals surface area contributed by atoms with Crippen LogP contribution >= 0.6 is 11.3 Å². The first-order valence-electron chi connectivity index (χ1n) is 8.69. The summed E-state index contributed by atoms with van der Waals surface area (Å²) in [7, 11) is 1.76. The van der Waals surface area contributed by atoms with Gasteiger partial charge in [0, 0.05) is 29.9 Å². The number of rotatable bonds is 6. The number of nitrogens with one attached hydrogen (secondary N) is 2. The van der Waals surface area contributed by atoms with E-state index in [4.69, 9.17) is 4.74 Å². The molecule has 3 rings (SSSR count). The summed E-state index contributed by atoms with van der Waals surface area (Å²) in [5.74, 6) is 1.54. The Morgan fingerprint density at radius 2 is 2.12 bits per heavy atom. The highest BCUT2D eigenvalue weighted by molar-refractivity contribution is 7.11. The molecule has 0 saturated heterocycles. The maximum absolute atomic E-state index is 12.1. The second kappa shape index (κ2) is 8.71. The van der Waals surface area contributed by atoms with Gasteiger partial charge >= 0.3 is 0 Å². The van der Waals surface area contributed by atoms with E-state index < -0.39 is 0 Å². The molecule has 2 aromatic rings. The molecular weight excluding hydrogens is 348 g/mol. The number of hydrogen-bond acceptors (Lipinski definition) is 4. The monoisotopic (exact) mass is 372 g/mol. The van der Waals surface area contributed by atoms with Crippen LogP contribution in [0.15, 0.2) is 41.4 Å². The molecule has 1 aromatic carbocycles. The molecule has 0 spiro atoms. The number of nitrogens with zero attached hydrogens (tertiary/aromatic N) is 2. The Labute approximate surface area is 157 Å². The van der Waals surface area contributed by atoms with Crippen LogP contribution < -0.4 is 20.3 Å². The van der Waals surface area contributed by atoms with Crippen LogP contribution in [-0.2, 0) is 11.3 Å². The molecule has 26 heavy (non-hydrogen) atoms. The van der Waals surface area contributed by atoms with E-state index in [1.807, 2.05) is 24.3 Å². The van der Waals surface area contributed by atoms with E-state index >= 15 is 0 Å². The highest BCUT2D eigenvalue weighted by atomic mass is 32.1. The molecule has 0 aliphatic carbocycles. The number of carbonyl (C=O) groups is 1. The summed E-state index contributed by atoms with van der Waals surface area (Å²) in [5, 5.41) is 6.61. The molecule has 1 aromatic heterocycles. The van der Waals surface area contributed by atoms with Gasteiger partial charge in [-0.05, 0) is 37.6 Å². The highest BCUT2D eigenvalue weighted by Gasteiger charge is 2.24. The summed E-state index contributed by atoms with van der Waals surface area (Å²) < 4.78 is 5.47. The normalized spacial score (nSPS) is 14.0. The van der Waals surface area contributed by atoms with Crippen molar-refractivity contribution in [3.05, 3.63) is 46.2 Å². The summed E-state index contributed by atoms with van der Waals surface area (Å²) >= 11 is 1.78. The fourth-order valence-electron chi connectivity index (χ4n) is 2.81. The minimum absolute atomic E-state index is 0.000674. The number of aliphatic imine (C=N–C) groups is 1. The van der Waals surface area contributed by atoms with Crippen LogP contribution in [0.25, 0.3) is 0 Å². The number of fused-ring (bicyclic) bond motifs is 1. The lowest BCUT2D eigenvalue weighted by Gasteiger charge is -2.29. The second-order valence-electron chi connectivity index (χ2n) is 6.02. The zero-order chi connectivity index (χ0) is 18.4. The van der Waals surface area contributed by atoms with Gasteiger partial charge < -0.3 is 20.3 Å². The van der Waals surface area contributed by atoms with Crippen LogP contribution in [0.4, 0.5) is 5.69 Å². The molecule has 6 nitrogen and oxygen atoms in total. The number of thiophene rings is 1. The van der Waals surface area contributed by atoms with E-state index in [0.29, 0.717) is 6.54 Å². The summed E-state index contributed by atoms with van der Waals surface area (Å²) in [6, 6.07) is 11.9. The Hall–Kier alpha value is -2.54. The van der Waals surface area contributed by atoms with Gasteiger partial charge in [0.1, 0.15) is 5.75 Å². The molecule has 0 unspecified atom stereocenters. The van der Waals surface area contributed by atoms with Crippen LogP contribution in [0, 0.1) is 6.92 Å². The van der Waals surface area contributed by atoms with Gasteiger partial charge in [-0.1, -0.05) is 12.1 Å². The van der Waals surface area contributed by atoms with Crippen LogP contribution in [0.3, 0.4) is 0 Å². The zero-order valence-electron chi connectivity index (χ0n) is 15.1. The van der Waals surface area contributed by atoms with Gasteiger partial charge in [-0.3, -0.25) is 9.79 Å². The molecule has 2 heterocycles. The number of ether oxygens (including phenoxy) is 1. The molecule has 138 valence electrons. The second-order valence-corrected chi connectivity index (χ2v) is 7.39. The topological polar surface area (TPSA) is 66.0 Å². The SMILES string of the molecule is CN=C(NCCCN1C(=O)COc2ccccc21)NCc1ccc(C)s1.